The Bertz CT molecular complexity index is 1430. The number of nitrogens with zero attached hydrogens (tertiary/aromatic N) is 5. The number of carbonyl (C=O) groups excluding carboxylic acids is 1. The minimum absolute atomic E-state index is 0.0337. The van der Waals surface area contributed by atoms with Gasteiger partial charge in [-0.3, -0.25) is 10.1 Å². The molecule has 2 aliphatic rings. The lowest BCUT2D eigenvalue weighted by atomic mass is 10.1. The third-order valence-electron chi connectivity index (χ3n) is 5.52. The lowest BCUT2D eigenvalue weighted by Crippen LogP contribution is -2.54. The van der Waals surface area contributed by atoms with Crippen LogP contribution in [-0.4, -0.2) is 33.8 Å². The van der Waals surface area contributed by atoms with E-state index in [1.807, 2.05) is 48.5 Å². The second-order valence-corrected chi connectivity index (χ2v) is 9.32. The van der Waals surface area contributed by atoms with Gasteiger partial charge < -0.3 is 4.74 Å². The van der Waals surface area contributed by atoms with E-state index in [1.54, 1.807) is 41.4 Å². The minimum atomic E-state index is -1.27. The first-order valence-corrected chi connectivity index (χ1v) is 11.9. The monoisotopic (exact) mass is 519 g/mol. The summed E-state index contributed by atoms with van der Waals surface area (Å²) < 4.78 is 4.93. The number of rotatable bonds is 5. The van der Waals surface area contributed by atoms with Crippen LogP contribution in [0.25, 0.3) is 0 Å². The van der Waals surface area contributed by atoms with Crippen LogP contribution >= 0.6 is 23.4 Å². The SMILES string of the molecule is COC(=O)C1=NN(c2ccccc2[N+](=O)[O-])C2(C=CC(c3ccc(Cl)cc3)=NN2c2ccccc2)S1. The van der Waals surface area contributed by atoms with Gasteiger partial charge in [-0.25, -0.2) is 14.8 Å². The van der Waals surface area contributed by atoms with Gasteiger partial charge in [-0.15, -0.1) is 0 Å². The normalized spacial score (nSPS) is 18.7. The molecule has 2 aliphatic heterocycles. The highest BCUT2D eigenvalue weighted by atomic mass is 35.5. The van der Waals surface area contributed by atoms with Crippen molar-refractivity contribution in [3.05, 3.63) is 112 Å². The van der Waals surface area contributed by atoms with Gasteiger partial charge in [-0.2, -0.15) is 10.2 Å². The Morgan fingerprint density at radius 3 is 2.39 bits per heavy atom. The van der Waals surface area contributed by atoms with Crippen molar-refractivity contribution >= 4 is 57.1 Å². The van der Waals surface area contributed by atoms with Crippen molar-refractivity contribution in [3.63, 3.8) is 0 Å². The number of allylic oxidation sites excluding steroid dienone is 1. The molecule has 0 N–H and O–H groups in total. The van der Waals surface area contributed by atoms with Crippen LogP contribution in [0.1, 0.15) is 5.56 Å². The molecule has 0 radical (unpaired) electrons. The maximum absolute atomic E-state index is 12.6. The minimum Gasteiger partial charge on any atom is -0.464 e. The number of hydrazone groups is 2. The van der Waals surface area contributed by atoms with E-state index in [4.69, 9.17) is 21.4 Å². The summed E-state index contributed by atoms with van der Waals surface area (Å²) in [6.07, 6.45) is 3.62. The molecule has 0 aliphatic carbocycles. The molecule has 180 valence electrons. The topological polar surface area (TPSA) is 101 Å². The van der Waals surface area contributed by atoms with Crippen LogP contribution in [0.15, 0.2) is 101 Å². The first-order valence-electron chi connectivity index (χ1n) is 10.7. The highest BCUT2D eigenvalue weighted by Gasteiger charge is 2.53. The molecule has 0 amide bonds. The number of benzene rings is 3. The lowest BCUT2D eigenvalue weighted by molar-refractivity contribution is -0.384. The van der Waals surface area contributed by atoms with Crippen molar-refractivity contribution in [2.75, 3.05) is 17.1 Å². The van der Waals surface area contributed by atoms with Crippen LogP contribution in [0.5, 0.6) is 0 Å². The molecule has 1 spiro atoms. The Balaban J connectivity index is 1.71. The van der Waals surface area contributed by atoms with Gasteiger partial charge in [0.05, 0.1) is 23.4 Å². The van der Waals surface area contributed by atoms with Crippen LogP contribution in [0.3, 0.4) is 0 Å². The lowest BCUT2D eigenvalue weighted by Gasteiger charge is -2.43. The Morgan fingerprint density at radius 1 is 1.00 bits per heavy atom. The molecule has 9 nitrogen and oxygen atoms in total. The van der Waals surface area contributed by atoms with Gasteiger partial charge in [0.1, 0.15) is 5.69 Å². The Kier molecular flexibility index (Phi) is 6.21. The molecule has 0 saturated carbocycles. The maximum atomic E-state index is 12.6. The second-order valence-electron chi connectivity index (χ2n) is 7.69. The van der Waals surface area contributed by atoms with Crippen LogP contribution in [0, 0.1) is 10.1 Å². The fourth-order valence-electron chi connectivity index (χ4n) is 3.86. The third-order valence-corrected chi connectivity index (χ3v) is 6.99. The van der Waals surface area contributed by atoms with Crippen molar-refractivity contribution in [2.45, 2.75) is 4.99 Å². The molecule has 0 saturated heterocycles. The zero-order chi connectivity index (χ0) is 25.3. The highest BCUT2D eigenvalue weighted by Crippen LogP contribution is 2.49. The zero-order valence-corrected chi connectivity index (χ0v) is 20.4. The molecule has 0 bridgehead atoms. The molecule has 0 fully saturated rings. The molecule has 11 heteroatoms. The molecule has 1 atom stereocenters. The number of methoxy groups -OCH3 is 1. The molecule has 1 unspecified atom stereocenters. The van der Waals surface area contributed by atoms with E-state index < -0.39 is 15.9 Å². The molecule has 3 aromatic rings. The number of nitro benzene ring substituents is 1. The number of nitro groups is 1. The summed E-state index contributed by atoms with van der Waals surface area (Å²) in [5.74, 6) is -0.658. The summed E-state index contributed by atoms with van der Waals surface area (Å²) in [7, 11) is 1.26. The number of hydrogen-bond donors (Lipinski definition) is 0. The van der Waals surface area contributed by atoms with E-state index >= 15 is 0 Å². The van der Waals surface area contributed by atoms with Crippen molar-refractivity contribution in [3.8, 4) is 0 Å². The number of anilines is 2. The number of esters is 1. The first-order chi connectivity index (χ1) is 17.4. The van der Waals surface area contributed by atoms with Crippen molar-refractivity contribution < 1.29 is 14.5 Å². The number of thioether (sulfide) groups is 1. The Hall–Kier alpha value is -4.15. The molecule has 5 rings (SSSR count). The van der Waals surface area contributed by atoms with E-state index in [0.29, 0.717) is 16.4 Å². The fourth-order valence-corrected chi connectivity index (χ4v) is 5.15. The molecule has 0 aromatic heterocycles. The second kappa shape index (κ2) is 9.48. The van der Waals surface area contributed by atoms with Crippen LogP contribution in [0.4, 0.5) is 17.1 Å². The number of hydrogen-bond acceptors (Lipinski definition) is 9. The molecular weight excluding hydrogens is 502 g/mol. The standard InChI is InChI=1S/C25H18ClN5O4S/c1-35-24(32)23-28-30(21-9-5-6-10-22(21)31(33)34)25(36-23)16-15-20(17-11-13-18(26)14-12-17)27-29(25)19-7-3-2-4-8-19/h2-16H,1H3. The average Bonchev–Trinajstić information content (AvgIpc) is 3.29. The van der Waals surface area contributed by atoms with Crippen molar-refractivity contribution in [1.29, 1.82) is 0 Å². The number of halogens is 1. The predicted molar refractivity (Wildman–Crippen MR) is 141 cm³/mol. The summed E-state index contributed by atoms with van der Waals surface area (Å²) in [6.45, 7) is 0. The average molecular weight is 520 g/mol. The summed E-state index contributed by atoms with van der Waals surface area (Å²) in [6, 6.07) is 22.8. The van der Waals surface area contributed by atoms with Gasteiger partial charge in [0.15, 0.2) is 0 Å². The molecule has 3 aromatic carbocycles. The van der Waals surface area contributed by atoms with E-state index in [2.05, 4.69) is 5.10 Å². The van der Waals surface area contributed by atoms with Gasteiger partial charge in [0.25, 0.3) is 5.69 Å². The van der Waals surface area contributed by atoms with Gasteiger partial charge in [-0.05, 0) is 54.2 Å². The first kappa shape index (κ1) is 23.6. The van der Waals surface area contributed by atoms with Gasteiger partial charge in [0.2, 0.25) is 10.0 Å². The molecule has 36 heavy (non-hydrogen) atoms. The zero-order valence-electron chi connectivity index (χ0n) is 18.8. The Morgan fingerprint density at radius 2 is 1.69 bits per heavy atom. The summed E-state index contributed by atoms with van der Waals surface area (Å²) in [5.41, 5.74) is 2.17. The number of para-hydroxylation sites is 3. The molecule has 2 heterocycles. The summed E-state index contributed by atoms with van der Waals surface area (Å²) >= 11 is 7.15. The van der Waals surface area contributed by atoms with E-state index in [1.165, 1.54) is 18.2 Å². The largest absolute Gasteiger partial charge is 0.464 e. The fraction of sp³-hybridized carbons (Fsp3) is 0.0800. The van der Waals surface area contributed by atoms with Gasteiger partial charge in [0, 0.05) is 16.7 Å². The highest BCUT2D eigenvalue weighted by molar-refractivity contribution is 8.17. The summed E-state index contributed by atoms with van der Waals surface area (Å²) in [5, 5.41) is 25.1. The third kappa shape index (κ3) is 4.10. The van der Waals surface area contributed by atoms with E-state index in [9.17, 15) is 14.9 Å². The van der Waals surface area contributed by atoms with Gasteiger partial charge >= 0.3 is 5.97 Å². The van der Waals surface area contributed by atoms with Crippen LogP contribution in [0.2, 0.25) is 5.02 Å². The van der Waals surface area contributed by atoms with E-state index in [-0.39, 0.29) is 16.4 Å². The molecular formula is C25H18ClN5O4S. The van der Waals surface area contributed by atoms with Crippen LogP contribution in [-0.2, 0) is 9.53 Å². The van der Waals surface area contributed by atoms with E-state index in [0.717, 1.165) is 17.3 Å². The van der Waals surface area contributed by atoms with Crippen molar-refractivity contribution in [1.82, 2.24) is 0 Å². The quantitative estimate of drug-likeness (QED) is 0.252. The number of ether oxygens (including phenoxy) is 1. The van der Waals surface area contributed by atoms with Crippen molar-refractivity contribution in [2.24, 2.45) is 10.2 Å². The van der Waals surface area contributed by atoms with Gasteiger partial charge in [-0.1, -0.05) is 54.1 Å². The number of carbonyl (C=O) groups is 1. The summed E-state index contributed by atoms with van der Waals surface area (Å²) in [4.78, 5) is 22.7. The smallest absolute Gasteiger partial charge is 0.365 e. The Labute approximate surface area is 215 Å². The van der Waals surface area contributed by atoms with Crippen LogP contribution < -0.4 is 10.0 Å². The predicted octanol–water partition coefficient (Wildman–Crippen LogP) is 5.42. The maximum Gasteiger partial charge on any atom is 0.365 e.